The molecule has 3 fully saturated rings. The summed E-state index contributed by atoms with van der Waals surface area (Å²) in [7, 11) is 0. The number of pyridine rings is 1. The van der Waals surface area contributed by atoms with Gasteiger partial charge in [0.15, 0.2) is 6.61 Å². The molecule has 0 aliphatic carbocycles. The topological polar surface area (TPSA) is 179 Å². The first kappa shape index (κ1) is 34.4. The van der Waals surface area contributed by atoms with Crippen molar-refractivity contribution in [1.82, 2.24) is 29.9 Å². The van der Waals surface area contributed by atoms with E-state index in [1.807, 2.05) is 4.90 Å². The van der Waals surface area contributed by atoms with Crippen LogP contribution < -0.4 is 10.1 Å². The van der Waals surface area contributed by atoms with Crippen molar-refractivity contribution in [2.75, 3.05) is 59.0 Å². The van der Waals surface area contributed by atoms with Gasteiger partial charge < -0.3 is 39.5 Å². The number of piperazine rings is 1. The van der Waals surface area contributed by atoms with E-state index in [-0.39, 0.29) is 81.5 Å². The van der Waals surface area contributed by atoms with Crippen molar-refractivity contribution in [1.29, 1.82) is 0 Å². The van der Waals surface area contributed by atoms with Gasteiger partial charge in [-0.2, -0.15) is 0 Å². The normalized spacial score (nSPS) is 17.7. The van der Waals surface area contributed by atoms with E-state index in [1.165, 1.54) is 15.9 Å². The highest BCUT2D eigenvalue weighted by molar-refractivity contribution is 5.99. The molecule has 5 rings (SSSR count). The molecule has 4 heterocycles. The minimum absolute atomic E-state index is 0.0625. The average molecular weight is 667 g/mol. The number of aliphatic carboxylic acids is 1. The number of carbonyl (C=O) groups is 6. The number of piperidine rings is 1. The highest BCUT2D eigenvalue weighted by Crippen LogP contribution is 2.27. The zero-order valence-electron chi connectivity index (χ0n) is 27.1. The maximum absolute atomic E-state index is 13.5. The van der Waals surface area contributed by atoms with Gasteiger partial charge in [-0.05, 0) is 44.7 Å². The third kappa shape index (κ3) is 8.30. The van der Waals surface area contributed by atoms with Crippen molar-refractivity contribution < 1.29 is 43.3 Å². The van der Waals surface area contributed by atoms with E-state index in [0.717, 1.165) is 13.0 Å². The maximum Gasteiger partial charge on any atom is 0.409 e. The number of carboxylic acid groups (broad SMARTS) is 1. The second-order valence-corrected chi connectivity index (χ2v) is 12.1. The monoisotopic (exact) mass is 666 g/mol. The predicted octanol–water partition coefficient (Wildman–Crippen LogP) is 1.49. The van der Waals surface area contributed by atoms with Gasteiger partial charge in [0.2, 0.25) is 11.8 Å². The number of carbonyl (C=O) groups excluding carboxylic acids is 5. The van der Waals surface area contributed by atoms with Gasteiger partial charge in [-0.3, -0.25) is 24.0 Å². The summed E-state index contributed by atoms with van der Waals surface area (Å²) in [6.45, 7) is 4.37. The highest BCUT2D eigenvalue weighted by Gasteiger charge is 2.33. The highest BCUT2D eigenvalue weighted by atomic mass is 16.6. The van der Waals surface area contributed by atoms with Crippen molar-refractivity contribution in [3.63, 3.8) is 0 Å². The summed E-state index contributed by atoms with van der Waals surface area (Å²) in [5, 5.41) is 12.6. The summed E-state index contributed by atoms with van der Waals surface area (Å²) in [6, 6.07) is 7.39. The molecule has 0 bridgehead atoms. The Bertz CT molecular complexity index is 1530. The largest absolute Gasteiger partial charge is 0.483 e. The van der Waals surface area contributed by atoms with Crippen molar-refractivity contribution in [3.05, 3.63) is 36.0 Å². The van der Waals surface area contributed by atoms with E-state index in [4.69, 9.17) is 9.47 Å². The first-order chi connectivity index (χ1) is 23.1. The molecule has 1 aromatic carbocycles. The number of nitrogens with one attached hydrogen (secondary N) is 1. The second kappa shape index (κ2) is 15.8. The number of amides is 5. The Hall–Kier alpha value is -4.95. The summed E-state index contributed by atoms with van der Waals surface area (Å²) >= 11 is 0. The third-order valence-electron chi connectivity index (χ3n) is 9.00. The molecule has 3 saturated heterocycles. The Morgan fingerprint density at radius 3 is 2.35 bits per heavy atom. The molecule has 3 aliphatic heterocycles. The Morgan fingerprint density at radius 2 is 1.69 bits per heavy atom. The molecule has 258 valence electrons. The van der Waals surface area contributed by atoms with Gasteiger partial charge in [0, 0.05) is 76.1 Å². The lowest BCUT2D eigenvalue weighted by atomic mass is 10.0. The molecule has 0 spiro atoms. The number of nitrogens with zero attached hydrogens (tertiary/aromatic N) is 5. The molecular weight excluding hydrogens is 624 g/mol. The Kier molecular flexibility index (Phi) is 11.3. The fraction of sp³-hybridized carbons (Fsp3) is 0.545. The molecule has 48 heavy (non-hydrogen) atoms. The second-order valence-electron chi connectivity index (χ2n) is 12.1. The number of aromatic nitrogens is 1. The molecule has 0 radical (unpaired) electrons. The summed E-state index contributed by atoms with van der Waals surface area (Å²) in [5.74, 6) is -2.06. The number of ether oxygens (including phenoxy) is 2. The van der Waals surface area contributed by atoms with Gasteiger partial charge in [0.05, 0.1) is 12.1 Å². The van der Waals surface area contributed by atoms with Crippen molar-refractivity contribution >= 4 is 46.6 Å². The molecule has 2 N–H and O–H groups in total. The summed E-state index contributed by atoms with van der Waals surface area (Å²) in [4.78, 5) is 86.8. The number of likely N-dealkylation sites (tertiary alicyclic amines) is 2. The number of carboxylic acids is 1. The van der Waals surface area contributed by atoms with Gasteiger partial charge in [0.25, 0.3) is 11.8 Å². The number of rotatable bonds is 11. The standard InChI is InChI=1S/C33H42N6O9/c1-2-47-33(46)38-18-16-37(17-19-38)32(45)25(9-10-30(42)43)35-31(44)26-20-27(23-6-3-4-7-24(23)34-26)48-21-29(41)36-14-11-22(12-15-36)39-13-5-8-28(39)40/h3-4,6-7,20,22,25H,2,5,8-19,21H2,1H3,(H,35,44)(H,42,43)/t25-/m0/s1. The Morgan fingerprint density at radius 1 is 0.979 bits per heavy atom. The van der Waals surface area contributed by atoms with E-state index < -0.39 is 29.9 Å². The quantitative estimate of drug-likeness (QED) is 0.357. The van der Waals surface area contributed by atoms with E-state index in [9.17, 15) is 33.9 Å². The van der Waals surface area contributed by atoms with Gasteiger partial charge >= 0.3 is 12.1 Å². The van der Waals surface area contributed by atoms with Gasteiger partial charge in [-0.15, -0.1) is 0 Å². The Balaban J connectivity index is 1.24. The number of hydrogen-bond acceptors (Lipinski definition) is 9. The fourth-order valence-electron chi connectivity index (χ4n) is 6.39. The summed E-state index contributed by atoms with van der Waals surface area (Å²) in [6.07, 6.45) is 1.91. The minimum Gasteiger partial charge on any atom is -0.483 e. The van der Waals surface area contributed by atoms with Gasteiger partial charge in [0.1, 0.15) is 17.5 Å². The van der Waals surface area contributed by atoms with Crippen molar-refractivity contribution in [2.45, 2.75) is 57.5 Å². The van der Waals surface area contributed by atoms with Crippen LogP contribution in [0.2, 0.25) is 0 Å². The predicted molar refractivity (Wildman–Crippen MR) is 171 cm³/mol. The lowest BCUT2D eigenvalue weighted by molar-refractivity contribution is -0.139. The van der Waals surface area contributed by atoms with Crippen LogP contribution in [0.3, 0.4) is 0 Å². The van der Waals surface area contributed by atoms with Crippen LogP contribution in [0.5, 0.6) is 5.75 Å². The van der Waals surface area contributed by atoms with Crippen LogP contribution in [-0.2, 0) is 23.9 Å². The summed E-state index contributed by atoms with van der Waals surface area (Å²) < 4.78 is 11.0. The smallest absolute Gasteiger partial charge is 0.409 e. The molecule has 1 aromatic heterocycles. The number of hydrogen-bond donors (Lipinski definition) is 2. The first-order valence-electron chi connectivity index (χ1n) is 16.5. The molecule has 5 amide bonds. The fourth-order valence-corrected chi connectivity index (χ4v) is 6.39. The zero-order valence-corrected chi connectivity index (χ0v) is 27.1. The van der Waals surface area contributed by atoms with Crippen LogP contribution >= 0.6 is 0 Å². The maximum atomic E-state index is 13.5. The van der Waals surface area contributed by atoms with Crippen LogP contribution in [0, 0.1) is 0 Å². The van der Waals surface area contributed by atoms with Crippen molar-refractivity contribution in [3.8, 4) is 5.75 Å². The van der Waals surface area contributed by atoms with Crippen LogP contribution in [0.15, 0.2) is 30.3 Å². The van der Waals surface area contributed by atoms with E-state index in [2.05, 4.69) is 10.3 Å². The van der Waals surface area contributed by atoms with Gasteiger partial charge in [-0.1, -0.05) is 12.1 Å². The lowest BCUT2D eigenvalue weighted by Gasteiger charge is -2.36. The van der Waals surface area contributed by atoms with Crippen LogP contribution in [0.25, 0.3) is 10.9 Å². The van der Waals surface area contributed by atoms with Crippen LogP contribution in [0.4, 0.5) is 4.79 Å². The minimum atomic E-state index is -1.15. The average Bonchev–Trinajstić information content (AvgIpc) is 3.54. The number of fused-ring (bicyclic) bond motifs is 1. The molecule has 0 saturated carbocycles. The Labute approximate surface area is 278 Å². The molecule has 0 unspecified atom stereocenters. The SMILES string of the molecule is CCOC(=O)N1CCN(C(=O)[C@H](CCC(=O)O)NC(=O)c2cc(OCC(=O)N3CCC(N4CCCC4=O)CC3)c3ccccc3n2)CC1. The molecule has 3 aliphatic rings. The van der Waals surface area contributed by atoms with Crippen molar-refractivity contribution in [2.24, 2.45) is 0 Å². The lowest BCUT2D eigenvalue weighted by Crippen LogP contribution is -2.56. The molecular formula is C33H42N6O9. The first-order valence-corrected chi connectivity index (χ1v) is 16.5. The molecule has 15 heteroatoms. The molecule has 15 nitrogen and oxygen atoms in total. The summed E-state index contributed by atoms with van der Waals surface area (Å²) in [5.41, 5.74) is 0.375. The number of benzene rings is 1. The van der Waals surface area contributed by atoms with Crippen LogP contribution in [-0.4, -0.2) is 136 Å². The number of para-hydroxylation sites is 1. The zero-order chi connectivity index (χ0) is 34.2. The molecule has 2 aromatic rings. The van der Waals surface area contributed by atoms with E-state index in [0.29, 0.717) is 43.3 Å². The van der Waals surface area contributed by atoms with Crippen LogP contribution in [0.1, 0.15) is 55.9 Å². The molecule has 1 atom stereocenters. The van der Waals surface area contributed by atoms with Gasteiger partial charge in [-0.25, -0.2) is 9.78 Å². The van der Waals surface area contributed by atoms with E-state index >= 15 is 0 Å². The van der Waals surface area contributed by atoms with E-state index in [1.54, 1.807) is 36.1 Å². The third-order valence-corrected chi connectivity index (χ3v) is 9.00.